The molecule has 0 bridgehead atoms. The number of ether oxygens (including phenoxy) is 1. The van der Waals surface area contributed by atoms with E-state index in [1.165, 1.54) is 6.07 Å². The normalized spacial score (nSPS) is 15.2. The Labute approximate surface area is 166 Å². The molecule has 1 amide bonds. The number of hydrogen-bond acceptors (Lipinski definition) is 4. The van der Waals surface area contributed by atoms with Gasteiger partial charge in [-0.25, -0.2) is 9.38 Å². The van der Waals surface area contributed by atoms with Gasteiger partial charge in [-0.3, -0.25) is 4.79 Å². The predicted octanol–water partition coefficient (Wildman–Crippen LogP) is 4.25. The van der Waals surface area contributed by atoms with Crippen molar-refractivity contribution in [3.8, 4) is 5.75 Å². The minimum absolute atomic E-state index is 0.0145. The van der Waals surface area contributed by atoms with E-state index >= 15 is 0 Å². The van der Waals surface area contributed by atoms with Gasteiger partial charge in [0.25, 0.3) is 5.91 Å². The van der Waals surface area contributed by atoms with Crippen LogP contribution in [0.4, 0.5) is 4.39 Å². The molecule has 5 nitrogen and oxygen atoms in total. The third-order valence-corrected chi connectivity index (χ3v) is 4.84. The van der Waals surface area contributed by atoms with E-state index in [-0.39, 0.29) is 18.0 Å². The number of halogens is 1. The van der Waals surface area contributed by atoms with Crippen LogP contribution in [0.5, 0.6) is 5.75 Å². The zero-order valence-corrected chi connectivity index (χ0v) is 17.4. The minimum atomic E-state index is -0.408. The molecule has 0 spiro atoms. The van der Waals surface area contributed by atoms with E-state index in [4.69, 9.17) is 4.74 Å². The smallest absolute Gasteiger partial charge is 0.251 e. The van der Waals surface area contributed by atoms with Crippen molar-refractivity contribution in [3.63, 3.8) is 0 Å². The number of nitrogens with one attached hydrogen (secondary N) is 2. The van der Waals surface area contributed by atoms with E-state index in [1.54, 1.807) is 12.1 Å². The van der Waals surface area contributed by atoms with Crippen LogP contribution in [0.25, 0.3) is 0 Å². The molecule has 1 saturated carbocycles. The molecular formula is C22H30FN3O2. The van der Waals surface area contributed by atoms with Gasteiger partial charge in [-0.05, 0) is 66.3 Å². The summed E-state index contributed by atoms with van der Waals surface area (Å²) in [5.41, 5.74) is 2.43. The molecule has 6 heteroatoms. The maximum Gasteiger partial charge on any atom is 0.251 e. The fourth-order valence-corrected chi connectivity index (χ4v) is 3.00. The van der Waals surface area contributed by atoms with Crippen LogP contribution in [0.15, 0.2) is 45.7 Å². The van der Waals surface area contributed by atoms with Crippen LogP contribution in [-0.2, 0) is 11.3 Å². The van der Waals surface area contributed by atoms with Gasteiger partial charge in [0.1, 0.15) is 17.4 Å². The first kappa shape index (κ1) is 21.7. The SMILES string of the molecule is C=N/C(NC1(C)CC1)=C(\C)C(C(=O)NCc1c(F)cccc1OCC)=C(C)C. The number of carbonyl (C=O) groups is 1. The van der Waals surface area contributed by atoms with Crippen LogP contribution >= 0.6 is 0 Å². The Morgan fingerprint density at radius 1 is 1.32 bits per heavy atom. The molecular weight excluding hydrogens is 357 g/mol. The van der Waals surface area contributed by atoms with Gasteiger partial charge in [-0.1, -0.05) is 11.6 Å². The lowest BCUT2D eigenvalue weighted by molar-refractivity contribution is -0.117. The molecule has 0 aromatic heterocycles. The van der Waals surface area contributed by atoms with Crippen molar-refractivity contribution in [2.24, 2.45) is 4.99 Å². The summed E-state index contributed by atoms with van der Waals surface area (Å²) in [6.45, 7) is 13.6. The average Bonchev–Trinajstić information content (AvgIpc) is 3.36. The largest absolute Gasteiger partial charge is 0.493 e. The number of amides is 1. The molecule has 0 aliphatic heterocycles. The van der Waals surface area contributed by atoms with Gasteiger partial charge in [-0.2, -0.15) is 0 Å². The van der Waals surface area contributed by atoms with Crippen molar-refractivity contribution in [1.82, 2.24) is 10.6 Å². The Balaban J connectivity index is 2.23. The first-order chi connectivity index (χ1) is 13.2. The molecule has 1 aromatic carbocycles. The lowest BCUT2D eigenvalue weighted by atomic mass is 10.0. The molecule has 1 aliphatic carbocycles. The van der Waals surface area contributed by atoms with Crippen LogP contribution in [0.2, 0.25) is 0 Å². The molecule has 0 unspecified atom stereocenters. The minimum Gasteiger partial charge on any atom is -0.493 e. The van der Waals surface area contributed by atoms with E-state index in [9.17, 15) is 9.18 Å². The fourth-order valence-electron chi connectivity index (χ4n) is 3.00. The van der Waals surface area contributed by atoms with Gasteiger partial charge < -0.3 is 15.4 Å². The second-order valence-electron chi connectivity index (χ2n) is 7.52. The fraction of sp³-hybridized carbons (Fsp3) is 0.455. The Bertz CT molecular complexity index is 819. The topological polar surface area (TPSA) is 62.7 Å². The maximum absolute atomic E-state index is 14.2. The lowest BCUT2D eigenvalue weighted by Gasteiger charge is -2.19. The van der Waals surface area contributed by atoms with E-state index in [2.05, 4.69) is 29.3 Å². The second-order valence-corrected chi connectivity index (χ2v) is 7.52. The van der Waals surface area contributed by atoms with E-state index in [0.29, 0.717) is 29.3 Å². The number of rotatable bonds is 9. The van der Waals surface area contributed by atoms with Gasteiger partial charge in [-0.15, -0.1) is 0 Å². The highest BCUT2D eigenvalue weighted by molar-refractivity contribution is 5.98. The van der Waals surface area contributed by atoms with Gasteiger partial charge in [0.2, 0.25) is 0 Å². The van der Waals surface area contributed by atoms with E-state index < -0.39 is 5.82 Å². The zero-order chi connectivity index (χ0) is 20.9. The van der Waals surface area contributed by atoms with Crippen molar-refractivity contribution < 1.29 is 13.9 Å². The number of benzene rings is 1. The molecule has 2 rings (SSSR count). The van der Waals surface area contributed by atoms with Crippen LogP contribution < -0.4 is 15.4 Å². The third-order valence-electron chi connectivity index (χ3n) is 4.84. The summed E-state index contributed by atoms with van der Waals surface area (Å²) in [5.74, 6) is 0.346. The molecule has 0 saturated heterocycles. The van der Waals surface area contributed by atoms with Crippen molar-refractivity contribution in [1.29, 1.82) is 0 Å². The summed E-state index contributed by atoms with van der Waals surface area (Å²) in [4.78, 5) is 17.0. The summed E-state index contributed by atoms with van der Waals surface area (Å²) < 4.78 is 19.7. The van der Waals surface area contributed by atoms with Crippen LogP contribution in [0.1, 0.15) is 53.0 Å². The Hall–Kier alpha value is -2.63. The molecule has 0 radical (unpaired) electrons. The molecule has 1 aliphatic rings. The molecule has 0 atom stereocenters. The third kappa shape index (κ3) is 5.21. The second kappa shape index (κ2) is 9.04. The van der Waals surface area contributed by atoms with E-state index in [0.717, 1.165) is 24.0 Å². The van der Waals surface area contributed by atoms with Gasteiger partial charge in [0, 0.05) is 28.8 Å². The van der Waals surface area contributed by atoms with Crippen LogP contribution in [-0.4, -0.2) is 24.8 Å². The molecule has 2 N–H and O–H groups in total. The van der Waals surface area contributed by atoms with Gasteiger partial charge >= 0.3 is 0 Å². The van der Waals surface area contributed by atoms with Crippen LogP contribution in [0.3, 0.4) is 0 Å². The number of aliphatic imine (C=N–C) groups is 1. The van der Waals surface area contributed by atoms with Gasteiger partial charge in [0.05, 0.1) is 6.61 Å². The average molecular weight is 387 g/mol. The number of carbonyl (C=O) groups excluding carboxylic acids is 1. The van der Waals surface area contributed by atoms with Crippen molar-refractivity contribution in [3.05, 3.63) is 52.1 Å². The Kier molecular flexibility index (Phi) is 7.00. The van der Waals surface area contributed by atoms with Gasteiger partial charge in [0.15, 0.2) is 0 Å². The first-order valence-corrected chi connectivity index (χ1v) is 9.54. The summed E-state index contributed by atoms with van der Waals surface area (Å²) in [5, 5.41) is 6.19. The van der Waals surface area contributed by atoms with Crippen LogP contribution in [0, 0.1) is 5.82 Å². The monoisotopic (exact) mass is 387 g/mol. The zero-order valence-electron chi connectivity index (χ0n) is 17.4. The molecule has 152 valence electrons. The molecule has 1 fully saturated rings. The number of hydrogen-bond donors (Lipinski definition) is 2. The highest BCUT2D eigenvalue weighted by Crippen LogP contribution is 2.36. The Morgan fingerprint density at radius 2 is 2.00 bits per heavy atom. The molecule has 1 aromatic rings. The highest BCUT2D eigenvalue weighted by Gasteiger charge is 2.38. The first-order valence-electron chi connectivity index (χ1n) is 9.54. The summed E-state index contributed by atoms with van der Waals surface area (Å²) in [6.07, 6.45) is 2.12. The number of allylic oxidation sites excluding steroid dienone is 1. The maximum atomic E-state index is 14.2. The highest BCUT2D eigenvalue weighted by atomic mass is 19.1. The summed E-state index contributed by atoms with van der Waals surface area (Å²) in [7, 11) is 0. The lowest BCUT2D eigenvalue weighted by Crippen LogP contribution is -2.30. The number of nitrogens with zero attached hydrogens (tertiary/aromatic N) is 1. The van der Waals surface area contributed by atoms with Crippen molar-refractivity contribution in [2.75, 3.05) is 6.61 Å². The van der Waals surface area contributed by atoms with Crippen molar-refractivity contribution in [2.45, 2.75) is 59.5 Å². The quantitative estimate of drug-likeness (QED) is 0.378. The summed E-state index contributed by atoms with van der Waals surface area (Å²) >= 11 is 0. The predicted molar refractivity (Wildman–Crippen MR) is 111 cm³/mol. The van der Waals surface area contributed by atoms with E-state index in [1.807, 2.05) is 27.7 Å². The standard InChI is InChI=1S/C22H30FN3O2/c1-7-28-18-10-8-9-17(23)16(18)13-25-21(27)19(14(2)3)15(4)20(24-6)26-22(5)11-12-22/h8-10,26H,6-7,11-13H2,1-5H3,(H,25,27)/b20-15-. The summed E-state index contributed by atoms with van der Waals surface area (Å²) in [6, 6.07) is 4.64. The molecule has 0 heterocycles. The Morgan fingerprint density at radius 3 is 2.54 bits per heavy atom. The molecule has 28 heavy (non-hydrogen) atoms. The van der Waals surface area contributed by atoms with Crippen molar-refractivity contribution >= 4 is 12.6 Å².